The van der Waals surface area contributed by atoms with Gasteiger partial charge in [-0.1, -0.05) is 0 Å². The van der Waals surface area contributed by atoms with Crippen LogP contribution in [0.4, 0.5) is 0 Å². The van der Waals surface area contributed by atoms with Crippen LogP contribution in [0, 0.1) is 0 Å². The van der Waals surface area contributed by atoms with Crippen LogP contribution in [0.15, 0.2) is 12.7 Å². The Morgan fingerprint density at radius 2 is 2.54 bits per heavy atom. The van der Waals surface area contributed by atoms with Crippen molar-refractivity contribution in [2.75, 3.05) is 5.75 Å². The zero-order valence-corrected chi connectivity index (χ0v) is 10.9. The normalized spacial score (nSPS) is 33.5. The summed E-state index contributed by atoms with van der Waals surface area (Å²) in [4.78, 5) is 0. The zero-order chi connectivity index (χ0) is 9.73. The number of rotatable bonds is 5. The average molecular weight is 265 g/mol. The van der Waals surface area contributed by atoms with E-state index in [9.17, 15) is 0 Å². The van der Waals surface area contributed by atoms with E-state index in [1.54, 1.807) is 0 Å². The molecule has 1 rings (SSSR count). The Bertz CT molecular complexity index is 174. The molecule has 1 nitrogen and oxygen atoms in total. The van der Waals surface area contributed by atoms with Crippen molar-refractivity contribution in [3.05, 3.63) is 12.7 Å². The van der Waals surface area contributed by atoms with Gasteiger partial charge in [-0.15, -0.1) is 0 Å². The van der Waals surface area contributed by atoms with Gasteiger partial charge in [0.2, 0.25) is 0 Å². The van der Waals surface area contributed by atoms with Gasteiger partial charge in [0.25, 0.3) is 0 Å². The third-order valence-corrected chi connectivity index (χ3v) is 6.81. The van der Waals surface area contributed by atoms with Crippen molar-refractivity contribution in [1.82, 2.24) is 0 Å². The summed E-state index contributed by atoms with van der Waals surface area (Å²) in [6, 6.07) is 0. The summed E-state index contributed by atoms with van der Waals surface area (Å²) >= 11 is 2.60. The van der Waals surface area contributed by atoms with E-state index in [1.165, 1.54) is 23.9 Å². The molecule has 0 bridgehead atoms. The third-order valence-electron chi connectivity index (χ3n) is 2.00. The Labute approximate surface area is 91.8 Å². The van der Waals surface area contributed by atoms with Crippen molar-refractivity contribution in [2.24, 2.45) is 0 Å². The van der Waals surface area contributed by atoms with Gasteiger partial charge >= 0.3 is 91.8 Å². The minimum absolute atomic E-state index is 0.126. The topological polar surface area (TPSA) is 9.23 Å². The fourth-order valence-corrected chi connectivity index (χ4v) is 5.46. The molecule has 0 radical (unpaired) electrons. The van der Waals surface area contributed by atoms with Crippen LogP contribution >= 0.6 is 11.8 Å². The van der Waals surface area contributed by atoms with Gasteiger partial charge in [0.15, 0.2) is 0 Å². The number of unbranched alkanes of at least 4 members (excludes halogenated alkanes) is 1. The van der Waals surface area contributed by atoms with Crippen LogP contribution in [0.25, 0.3) is 0 Å². The monoisotopic (exact) mass is 266 g/mol. The summed E-state index contributed by atoms with van der Waals surface area (Å²) in [5, 5.41) is 1.20. The van der Waals surface area contributed by atoms with Gasteiger partial charge in [0.1, 0.15) is 0 Å². The van der Waals surface area contributed by atoms with Crippen molar-refractivity contribution in [1.29, 1.82) is 0 Å². The molecule has 0 unspecified atom stereocenters. The quantitative estimate of drug-likeness (QED) is 0.429. The Hall–Kier alpha value is 0.569. The van der Waals surface area contributed by atoms with Crippen molar-refractivity contribution in [3.63, 3.8) is 0 Å². The van der Waals surface area contributed by atoms with Crippen LogP contribution in [0.5, 0.6) is 0 Å². The van der Waals surface area contributed by atoms with E-state index in [4.69, 9.17) is 4.74 Å². The Balaban J connectivity index is 2.27. The Morgan fingerprint density at radius 1 is 1.77 bits per heavy atom. The van der Waals surface area contributed by atoms with Crippen molar-refractivity contribution >= 4 is 26.7 Å². The first kappa shape index (κ1) is 11.6. The summed E-state index contributed by atoms with van der Waals surface area (Å²) in [6.45, 7) is 8.25. The van der Waals surface area contributed by atoms with E-state index in [2.05, 4.69) is 20.4 Å². The van der Waals surface area contributed by atoms with Crippen molar-refractivity contribution < 1.29 is 4.74 Å². The van der Waals surface area contributed by atoms with Gasteiger partial charge < -0.3 is 0 Å². The molecule has 0 amide bonds. The first-order chi connectivity index (χ1) is 6.20. The molecular weight excluding hydrogens is 247 g/mol. The second kappa shape index (κ2) is 5.45. The standard InChI is InChI=1S/C10H18OSSe/c1-4-6-7-12-10(3)11-9(5-2)8-13-10/h5,9H,2,4,6-8H2,1,3H3/t9-,10-/m0/s1. The molecule has 2 atom stereocenters. The van der Waals surface area contributed by atoms with Crippen molar-refractivity contribution in [2.45, 2.75) is 41.9 Å². The van der Waals surface area contributed by atoms with Gasteiger partial charge in [-0.25, -0.2) is 0 Å². The number of hydrogen-bond donors (Lipinski definition) is 0. The summed E-state index contributed by atoms with van der Waals surface area (Å²) in [7, 11) is 0. The second-order valence-corrected chi connectivity index (χ2v) is 8.27. The second-order valence-electron chi connectivity index (χ2n) is 3.27. The zero-order valence-electron chi connectivity index (χ0n) is 8.41. The number of thioether (sulfide) groups is 1. The molecular formula is C10H18OSSe. The molecule has 1 saturated heterocycles. The van der Waals surface area contributed by atoms with Crippen LogP contribution in [0.3, 0.4) is 0 Å². The minimum atomic E-state index is 0.126. The number of ether oxygens (including phenoxy) is 1. The molecule has 1 aliphatic heterocycles. The summed E-state index contributed by atoms with van der Waals surface area (Å²) in [6.07, 6.45) is 4.84. The molecule has 76 valence electrons. The van der Waals surface area contributed by atoms with Crippen LogP contribution in [0.2, 0.25) is 5.32 Å². The molecule has 3 heteroatoms. The maximum absolute atomic E-state index is 5.92. The van der Waals surface area contributed by atoms with E-state index < -0.39 is 0 Å². The van der Waals surface area contributed by atoms with Gasteiger partial charge in [0.05, 0.1) is 0 Å². The van der Waals surface area contributed by atoms with Gasteiger partial charge in [-0.05, 0) is 0 Å². The van der Waals surface area contributed by atoms with Crippen molar-refractivity contribution in [3.8, 4) is 0 Å². The Morgan fingerprint density at radius 3 is 3.08 bits per heavy atom. The fourth-order valence-electron chi connectivity index (χ4n) is 1.17. The van der Waals surface area contributed by atoms with Gasteiger partial charge in [-0.2, -0.15) is 0 Å². The average Bonchev–Trinajstić information content (AvgIpc) is 2.49. The molecule has 0 aliphatic carbocycles. The molecule has 0 N–H and O–H groups in total. The predicted octanol–water partition coefficient (Wildman–Crippen LogP) is 2.90. The molecule has 1 aliphatic rings. The van der Waals surface area contributed by atoms with E-state index in [-0.39, 0.29) is 3.83 Å². The summed E-state index contributed by atoms with van der Waals surface area (Å²) < 4.78 is 6.04. The molecule has 0 aromatic carbocycles. The SMILES string of the molecule is C=C[C@H]1C[Se][C@](C)(SCCCC)O1. The summed E-state index contributed by atoms with van der Waals surface area (Å²) in [5.41, 5.74) is 0. The van der Waals surface area contributed by atoms with E-state index >= 15 is 0 Å². The fraction of sp³-hybridized carbons (Fsp3) is 0.800. The first-order valence-electron chi connectivity index (χ1n) is 4.78. The van der Waals surface area contributed by atoms with E-state index in [1.807, 2.05) is 17.8 Å². The molecule has 0 spiro atoms. The molecule has 1 fully saturated rings. The van der Waals surface area contributed by atoms with Crippen LogP contribution in [-0.4, -0.2) is 30.6 Å². The van der Waals surface area contributed by atoms with Crippen LogP contribution < -0.4 is 0 Å². The van der Waals surface area contributed by atoms with E-state index in [0.29, 0.717) is 21.1 Å². The predicted molar refractivity (Wildman–Crippen MR) is 61.4 cm³/mol. The summed E-state index contributed by atoms with van der Waals surface area (Å²) in [5.74, 6) is 1.23. The van der Waals surface area contributed by atoms with Gasteiger partial charge in [-0.3, -0.25) is 0 Å². The molecule has 0 saturated carbocycles. The molecule has 0 aromatic rings. The van der Waals surface area contributed by atoms with Crippen LogP contribution in [0.1, 0.15) is 26.7 Å². The Kier molecular flexibility index (Phi) is 4.88. The van der Waals surface area contributed by atoms with E-state index in [0.717, 1.165) is 0 Å². The molecule has 0 aromatic heterocycles. The van der Waals surface area contributed by atoms with Gasteiger partial charge in [0, 0.05) is 0 Å². The molecule has 13 heavy (non-hydrogen) atoms. The number of hydrogen-bond acceptors (Lipinski definition) is 2. The molecule has 1 heterocycles. The first-order valence-corrected chi connectivity index (χ1v) is 7.84. The third kappa shape index (κ3) is 3.67. The van der Waals surface area contributed by atoms with Crippen LogP contribution in [-0.2, 0) is 4.74 Å². The maximum atomic E-state index is 5.92.